The van der Waals surface area contributed by atoms with Gasteiger partial charge in [0.2, 0.25) is 0 Å². The monoisotopic (exact) mass is 232 g/mol. The Bertz CT molecular complexity index is 421. The summed E-state index contributed by atoms with van der Waals surface area (Å²) in [6.07, 6.45) is 3.29. The third-order valence-electron chi connectivity index (χ3n) is 4.60. The van der Waals surface area contributed by atoms with E-state index in [1.807, 2.05) is 31.2 Å². The first-order valence-corrected chi connectivity index (χ1v) is 6.54. The van der Waals surface area contributed by atoms with Crippen molar-refractivity contribution in [2.24, 2.45) is 11.8 Å². The molecule has 3 fully saturated rings. The van der Waals surface area contributed by atoms with Crippen LogP contribution in [0.3, 0.4) is 0 Å². The highest BCUT2D eigenvalue weighted by molar-refractivity contribution is 5.24. The minimum absolute atomic E-state index is 0.294. The first-order chi connectivity index (χ1) is 8.07. The van der Waals surface area contributed by atoms with Gasteiger partial charge in [0.15, 0.2) is 0 Å². The second-order valence-electron chi connectivity index (χ2n) is 5.98. The number of aliphatic hydroxyl groups is 2. The van der Waals surface area contributed by atoms with Crippen molar-refractivity contribution in [1.82, 2.24) is 0 Å². The molecule has 0 heterocycles. The van der Waals surface area contributed by atoms with E-state index in [0.29, 0.717) is 12.3 Å². The van der Waals surface area contributed by atoms with Crippen molar-refractivity contribution in [2.45, 2.75) is 44.3 Å². The summed E-state index contributed by atoms with van der Waals surface area (Å²) in [5.74, 6) is 1.01. The lowest BCUT2D eigenvalue weighted by Gasteiger charge is -2.36. The van der Waals surface area contributed by atoms with E-state index >= 15 is 0 Å². The van der Waals surface area contributed by atoms with E-state index in [-0.39, 0.29) is 0 Å². The average molecular weight is 232 g/mol. The van der Waals surface area contributed by atoms with Crippen LogP contribution in [-0.4, -0.2) is 15.8 Å². The van der Waals surface area contributed by atoms with Crippen molar-refractivity contribution in [3.63, 3.8) is 0 Å². The van der Waals surface area contributed by atoms with Crippen molar-refractivity contribution in [3.8, 4) is 0 Å². The van der Waals surface area contributed by atoms with Crippen LogP contribution in [0.25, 0.3) is 0 Å². The Morgan fingerprint density at radius 3 is 2.76 bits per heavy atom. The molecule has 3 aliphatic rings. The number of fused-ring (bicyclic) bond motifs is 1. The predicted molar refractivity (Wildman–Crippen MR) is 66.5 cm³/mol. The summed E-state index contributed by atoms with van der Waals surface area (Å²) in [5, 5.41) is 20.5. The largest absolute Gasteiger partial charge is 0.390 e. The van der Waals surface area contributed by atoms with E-state index < -0.39 is 11.7 Å². The second kappa shape index (κ2) is 3.82. The minimum Gasteiger partial charge on any atom is -0.390 e. The average Bonchev–Trinajstić information content (AvgIpc) is 2.70. The maximum absolute atomic E-state index is 10.3. The molecule has 3 saturated carbocycles. The van der Waals surface area contributed by atoms with E-state index in [0.717, 1.165) is 30.7 Å². The quantitative estimate of drug-likeness (QED) is 0.841. The van der Waals surface area contributed by atoms with Gasteiger partial charge in [-0.2, -0.15) is 0 Å². The first-order valence-electron chi connectivity index (χ1n) is 6.54. The molecule has 17 heavy (non-hydrogen) atoms. The zero-order chi connectivity index (χ0) is 12.0. The van der Waals surface area contributed by atoms with Gasteiger partial charge >= 0.3 is 0 Å². The normalized spacial score (nSPS) is 36.6. The molecule has 2 bridgehead atoms. The van der Waals surface area contributed by atoms with Crippen molar-refractivity contribution in [2.75, 3.05) is 0 Å². The van der Waals surface area contributed by atoms with Gasteiger partial charge in [0.1, 0.15) is 0 Å². The van der Waals surface area contributed by atoms with Crippen molar-refractivity contribution in [3.05, 3.63) is 35.4 Å². The molecule has 2 atom stereocenters. The molecule has 2 unspecified atom stereocenters. The Hall–Kier alpha value is -0.860. The Morgan fingerprint density at radius 1 is 1.41 bits per heavy atom. The van der Waals surface area contributed by atoms with E-state index in [9.17, 15) is 10.2 Å². The van der Waals surface area contributed by atoms with Crippen LogP contribution in [0.15, 0.2) is 24.3 Å². The highest BCUT2D eigenvalue weighted by Gasteiger charge is 2.56. The summed E-state index contributed by atoms with van der Waals surface area (Å²) < 4.78 is 0. The van der Waals surface area contributed by atoms with Gasteiger partial charge in [-0.25, -0.2) is 0 Å². The predicted octanol–water partition coefficient (Wildman–Crippen LogP) is 2.58. The number of hydrogen-bond acceptors (Lipinski definition) is 2. The lowest BCUT2D eigenvalue weighted by atomic mass is 9.76. The van der Waals surface area contributed by atoms with Crippen LogP contribution >= 0.6 is 0 Å². The van der Waals surface area contributed by atoms with E-state index in [1.165, 1.54) is 5.56 Å². The molecule has 4 rings (SSSR count). The Balaban J connectivity index is 1.69. The molecule has 0 aliphatic heterocycles. The summed E-state index contributed by atoms with van der Waals surface area (Å²) in [6.45, 7) is 2.04. The molecule has 1 aromatic rings. The van der Waals surface area contributed by atoms with E-state index in [2.05, 4.69) is 0 Å². The van der Waals surface area contributed by atoms with Crippen LogP contribution in [0.1, 0.15) is 42.9 Å². The smallest absolute Gasteiger partial charge is 0.0793 e. The van der Waals surface area contributed by atoms with Gasteiger partial charge in [0.05, 0.1) is 11.7 Å². The van der Waals surface area contributed by atoms with Crippen LogP contribution in [-0.2, 0) is 0 Å². The summed E-state index contributed by atoms with van der Waals surface area (Å²) >= 11 is 0. The highest BCUT2D eigenvalue weighted by Crippen LogP contribution is 2.57. The third kappa shape index (κ3) is 1.90. The molecule has 0 radical (unpaired) electrons. The molecule has 1 aromatic carbocycles. The number of rotatable bonds is 3. The second-order valence-corrected chi connectivity index (χ2v) is 5.98. The fourth-order valence-corrected chi connectivity index (χ4v) is 3.66. The lowest BCUT2D eigenvalue weighted by molar-refractivity contribution is -0.0594. The van der Waals surface area contributed by atoms with Crippen LogP contribution in [0.4, 0.5) is 0 Å². The van der Waals surface area contributed by atoms with Crippen molar-refractivity contribution < 1.29 is 10.2 Å². The number of aliphatic hydroxyl groups excluding tert-OH is 1. The molecule has 0 saturated heterocycles. The number of hydrogen-bond donors (Lipinski definition) is 2. The van der Waals surface area contributed by atoms with Gasteiger partial charge in [-0.3, -0.25) is 0 Å². The SMILES string of the molecule is Cc1cccc(C(O)CC2CC3CC2(O)C3)c1. The van der Waals surface area contributed by atoms with E-state index in [4.69, 9.17) is 0 Å². The zero-order valence-corrected chi connectivity index (χ0v) is 10.3. The number of benzene rings is 1. The maximum Gasteiger partial charge on any atom is 0.0793 e. The summed E-state index contributed by atoms with van der Waals surface area (Å²) in [7, 11) is 0. The standard InChI is InChI=1S/C15H20O2/c1-10-3-2-4-12(5-10)14(16)7-13-6-11-8-15(13,17)9-11/h2-5,11,13-14,16-17H,6-9H2,1H3. The molecule has 92 valence electrons. The summed E-state index contributed by atoms with van der Waals surface area (Å²) in [6, 6.07) is 8.03. The van der Waals surface area contributed by atoms with E-state index in [1.54, 1.807) is 0 Å². The third-order valence-corrected chi connectivity index (χ3v) is 4.60. The van der Waals surface area contributed by atoms with Gasteiger partial charge in [0.25, 0.3) is 0 Å². The molecule has 2 N–H and O–H groups in total. The molecule has 3 aliphatic carbocycles. The fraction of sp³-hybridized carbons (Fsp3) is 0.600. The Kier molecular flexibility index (Phi) is 2.53. The van der Waals surface area contributed by atoms with Gasteiger partial charge in [0, 0.05) is 0 Å². The molecular weight excluding hydrogens is 212 g/mol. The first kappa shape index (κ1) is 11.2. The topological polar surface area (TPSA) is 40.5 Å². The minimum atomic E-state index is -0.449. The van der Waals surface area contributed by atoms with Gasteiger partial charge in [-0.15, -0.1) is 0 Å². The maximum atomic E-state index is 10.3. The summed E-state index contributed by atoms with van der Waals surface area (Å²) in [5.41, 5.74) is 1.71. The number of aryl methyl sites for hydroxylation is 1. The Labute approximate surface area is 102 Å². The van der Waals surface area contributed by atoms with Gasteiger partial charge in [-0.1, -0.05) is 29.8 Å². The van der Waals surface area contributed by atoms with Gasteiger partial charge in [-0.05, 0) is 50.0 Å². The summed E-state index contributed by atoms with van der Waals surface area (Å²) in [4.78, 5) is 0. The lowest BCUT2D eigenvalue weighted by Crippen LogP contribution is -2.39. The molecule has 2 heteroatoms. The fourth-order valence-electron chi connectivity index (χ4n) is 3.66. The van der Waals surface area contributed by atoms with Crippen LogP contribution in [0.5, 0.6) is 0 Å². The van der Waals surface area contributed by atoms with Gasteiger partial charge < -0.3 is 10.2 Å². The molecule has 2 nitrogen and oxygen atoms in total. The van der Waals surface area contributed by atoms with Crippen LogP contribution in [0.2, 0.25) is 0 Å². The molecule has 0 amide bonds. The molecule has 0 spiro atoms. The molecule has 0 aromatic heterocycles. The van der Waals surface area contributed by atoms with Crippen LogP contribution < -0.4 is 0 Å². The zero-order valence-electron chi connectivity index (χ0n) is 10.3. The Morgan fingerprint density at radius 2 is 2.18 bits per heavy atom. The molecular formula is C15H20O2. The van der Waals surface area contributed by atoms with Crippen molar-refractivity contribution >= 4 is 0 Å². The van der Waals surface area contributed by atoms with Crippen molar-refractivity contribution in [1.29, 1.82) is 0 Å². The highest BCUT2D eigenvalue weighted by atomic mass is 16.3. The van der Waals surface area contributed by atoms with Crippen LogP contribution in [0, 0.1) is 18.8 Å².